The van der Waals surface area contributed by atoms with Crippen molar-refractivity contribution in [2.45, 2.75) is 13.8 Å². The lowest BCUT2D eigenvalue weighted by Gasteiger charge is -2.13. The van der Waals surface area contributed by atoms with Gasteiger partial charge in [-0.25, -0.2) is 4.98 Å². The summed E-state index contributed by atoms with van der Waals surface area (Å²) in [7, 11) is 3.96. The van der Waals surface area contributed by atoms with Crippen molar-refractivity contribution in [3.8, 4) is 5.75 Å². The van der Waals surface area contributed by atoms with E-state index in [1.54, 1.807) is 4.40 Å². The number of carbonyl (C=O) groups excluding carboxylic acids is 1. The van der Waals surface area contributed by atoms with Crippen LogP contribution in [0.4, 0.5) is 11.4 Å². The van der Waals surface area contributed by atoms with Gasteiger partial charge in [-0.2, -0.15) is 0 Å². The summed E-state index contributed by atoms with van der Waals surface area (Å²) in [6, 6.07) is 11.4. The van der Waals surface area contributed by atoms with Crippen LogP contribution in [0.25, 0.3) is 5.65 Å². The number of pyridine rings is 1. The van der Waals surface area contributed by atoms with Crippen molar-refractivity contribution in [2.24, 2.45) is 0 Å². The molecule has 1 N–H and O–H groups in total. The number of imidazole rings is 1. The van der Waals surface area contributed by atoms with Crippen LogP contribution in [0, 0.1) is 6.92 Å². The van der Waals surface area contributed by atoms with Gasteiger partial charge >= 0.3 is 0 Å². The van der Waals surface area contributed by atoms with Crippen molar-refractivity contribution >= 4 is 22.9 Å². The van der Waals surface area contributed by atoms with Gasteiger partial charge in [-0.3, -0.25) is 9.20 Å². The molecule has 25 heavy (non-hydrogen) atoms. The molecule has 3 rings (SSSR count). The lowest BCUT2D eigenvalue weighted by atomic mass is 10.2. The molecule has 0 aliphatic rings. The highest BCUT2D eigenvalue weighted by Gasteiger charge is 2.18. The van der Waals surface area contributed by atoms with Gasteiger partial charge in [0.25, 0.3) is 5.91 Å². The summed E-state index contributed by atoms with van der Waals surface area (Å²) >= 11 is 0. The van der Waals surface area contributed by atoms with E-state index in [0.717, 1.165) is 11.4 Å². The quantitative estimate of drug-likeness (QED) is 0.775. The van der Waals surface area contributed by atoms with E-state index in [-0.39, 0.29) is 5.91 Å². The van der Waals surface area contributed by atoms with Crippen LogP contribution >= 0.6 is 0 Å². The third-order valence-corrected chi connectivity index (χ3v) is 3.95. The topological polar surface area (TPSA) is 58.9 Å². The number of carbonyl (C=O) groups is 1. The minimum atomic E-state index is -0.198. The van der Waals surface area contributed by atoms with Crippen molar-refractivity contribution in [2.75, 3.05) is 30.9 Å². The van der Waals surface area contributed by atoms with E-state index >= 15 is 0 Å². The van der Waals surface area contributed by atoms with Crippen LogP contribution in [0.3, 0.4) is 0 Å². The SMILES string of the molecule is CCOc1cccn2c(C(=O)Nc3ccc(N(C)C)cc3)c(C)nc12. The Kier molecular flexibility index (Phi) is 4.61. The summed E-state index contributed by atoms with van der Waals surface area (Å²) in [5, 5.41) is 2.94. The molecule has 0 unspecified atom stereocenters. The van der Waals surface area contributed by atoms with Crippen LogP contribution < -0.4 is 15.0 Å². The van der Waals surface area contributed by atoms with E-state index in [4.69, 9.17) is 4.74 Å². The molecule has 2 aromatic heterocycles. The third kappa shape index (κ3) is 3.28. The molecule has 3 aromatic rings. The van der Waals surface area contributed by atoms with E-state index in [1.807, 2.05) is 75.4 Å². The summed E-state index contributed by atoms with van der Waals surface area (Å²) in [4.78, 5) is 19.3. The number of nitrogens with one attached hydrogen (secondary N) is 1. The molecule has 0 aliphatic heterocycles. The second-order valence-corrected chi connectivity index (χ2v) is 5.94. The van der Waals surface area contributed by atoms with Gasteiger partial charge in [0.05, 0.1) is 12.3 Å². The molecule has 0 saturated carbocycles. The average Bonchev–Trinajstić information content (AvgIpc) is 2.92. The molecular formula is C19H22N4O2. The first-order valence-electron chi connectivity index (χ1n) is 8.20. The van der Waals surface area contributed by atoms with Gasteiger partial charge in [-0.05, 0) is 50.2 Å². The van der Waals surface area contributed by atoms with Crippen LogP contribution in [0.15, 0.2) is 42.6 Å². The van der Waals surface area contributed by atoms with Gasteiger partial charge in [-0.15, -0.1) is 0 Å². The first-order chi connectivity index (χ1) is 12.0. The van der Waals surface area contributed by atoms with E-state index in [0.29, 0.717) is 29.4 Å². The molecule has 1 amide bonds. The number of amides is 1. The average molecular weight is 338 g/mol. The maximum atomic E-state index is 12.8. The molecule has 0 aliphatic carbocycles. The minimum absolute atomic E-state index is 0.198. The second-order valence-electron chi connectivity index (χ2n) is 5.94. The number of anilines is 2. The smallest absolute Gasteiger partial charge is 0.274 e. The predicted octanol–water partition coefficient (Wildman–Crippen LogP) is 3.36. The first-order valence-corrected chi connectivity index (χ1v) is 8.20. The molecule has 0 atom stereocenters. The Balaban J connectivity index is 1.92. The highest BCUT2D eigenvalue weighted by Crippen LogP contribution is 2.23. The molecule has 0 radical (unpaired) electrons. The Morgan fingerprint density at radius 2 is 1.96 bits per heavy atom. The number of rotatable bonds is 5. The Labute approximate surface area is 147 Å². The van der Waals surface area contributed by atoms with Crippen molar-refractivity contribution in [3.05, 3.63) is 54.0 Å². The van der Waals surface area contributed by atoms with Crippen molar-refractivity contribution in [1.82, 2.24) is 9.38 Å². The molecule has 0 saturated heterocycles. The summed E-state index contributed by atoms with van der Waals surface area (Å²) in [6.45, 7) is 4.29. The highest BCUT2D eigenvalue weighted by atomic mass is 16.5. The Morgan fingerprint density at radius 1 is 1.24 bits per heavy atom. The maximum absolute atomic E-state index is 12.8. The van der Waals surface area contributed by atoms with E-state index in [9.17, 15) is 4.79 Å². The van der Waals surface area contributed by atoms with Crippen LogP contribution in [0.2, 0.25) is 0 Å². The van der Waals surface area contributed by atoms with E-state index < -0.39 is 0 Å². The zero-order valence-corrected chi connectivity index (χ0v) is 14.9. The van der Waals surface area contributed by atoms with Crippen LogP contribution in [-0.4, -0.2) is 36.0 Å². The monoisotopic (exact) mass is 338 g/mol. The fourth-order valence-electron chi connectivity index (χ4n) is 2.73. The van der Waals surface area contributed by atoms with Gasteiger partial charge in [0, 0.05) is 31.7 Å². The van der Waals surface area contributed by atoms with Crippen molar-refractivity contribution in [1.29, 1.82) is 0 Å². The minimum Gasteiger partial charge on any atom is -0.490 e. The Hall–Kier alpha value is -3.02. The highest BCUT2D eigenvalue weighted by molar-refractivity contribution is 6.04. The number of fused-ring (bicyclic) bond motifs is 1. The van der Waals surface area contributed by atoms with Gasteiger partial charge in [0.2, 0.25) is 0 Å². The second kappa shape index (κ2) is 6.84. The van der Waals surface area contributed by atoms with Gasteiger partial charge in [-0.1, -0.05) is 0 Å². The molecule has 1 aromatic carbocycles. The fourth-order valence-corrected chi connectivity index (χ4v) is 2.73. The van der Waals surface area contributed by atoms with Gasteiger partial charge in [0.15, 0.2) is 11.4 Å². The number of aryl methyl sites for hydroxylation is 1. The van der Waals surface area contributed by atoms with Crippen LogP contribution in [-0.2, 0) is 0 Å². The van der Waals surface area contributed by atoms with E-state index in [2.05, 4.69) is 10.3 Å². The summed E-state index contributed by atoms with van der Waals surface area (Å²) in [5.41, 5.74) is 3.63. The normalized spacial score (nSPS) is 10.7. The Bertz CT molecular complexity index is 898. The van der Waals surface area contributed by atoms with Gasteiger partial charge in [0.1, 0.15) is 5.69 Å². The summed E-state index contributed by atoms with van der Waals surface area (Å²) in [6.07, 6.45) is 1.82. The lowest BCUT2D eigenvalue weighted by Crippen LogP contribution is -2.16. The van der Waals surface area contributed by atoms with Crippen molar-refractivity contribution < 1.29 is 9.53 Å². The number of hydrogen-bond donors (Lipinski definition) is 1. The zero-order valence-electron chi connectivity index (χ0n) is 14.9. The molecule has 6 nitrogen and oxygen atoms in total. The molecule has 0 fully saturated rings. The van der Waals surface area contributed by atoms with Crippen LogP contribution in [0.1, 0.15) is 23.1 Å². The summed E-state index contributed by atoms with van der Waals surface area (Å²) in [5.74, 6) is 0.471. The summed E-state index contributed by atoms with van der Waals surface area (Å²) < 4.78 is 7.37. The predicted molar refractivity (Wildman–Crippen MR) is 99.8 cm³/mol. The molecule has 6 heteroatoms. The number of nitrogens with zero attached hydrogens (tertiary/aromatic N) is 3. The third-order valence-electron chi connectivity index (χ3n) is 3.95. The first kappa shape index (κ1) is 16.8. The molecule has 0 spiro atoms. The van der Waals surface area contributed by atoms with Gasteiger partial charge < -0.3 is 15.0 Å². The standard InChI is InChI=1S/C19H22N4O2/c1-5-25-16-7-6-12-23-17(13(2)20-18(16)23)19(24)21-14-8-10-15(11-9-14)22(3)4/h6-12H,5H2,1-4H3,(H,21,24). The molecule has 0 bridgehead atoms. The lowest BCUT2D eigenvalue weighted by molar-refractivity contribution is 0.102. The number of hydrogen-bond acceptors (Lipinski definition) is 4. The molecule has 2 heterocycles. The zero-order chi connectivity index (χ0) is 18.0. The van der Waals surface area contributed by atoms with Crippen LogP contribution in [0.5, 0.6) is 5.75 Å². The molecular weight excluding hydrogens is 316 g/mol. The number of aromatic nitrogens is 2. The molecule has 130 valence electrons. The largest absolute Gasteiger partial charge is 0.490 e. The van der Waals surface area contributed by atoms with Crippen molar-refractivity contribution in [3.63, 3.8) is 0 Å². The number of benzene rings is 1. The maximum Gasteiger partial charge on any atom is 0.274 e. The fraction of sp³-hybridized carbons (Fsp3) is 0.263. The van der Waals surface area contributed by atoms with E-state index in [1.165, 1.54) is 0 Å². The Morgan fingerprint density at radius 3 is 2.60 bits per heavy atom. The number of ether oxygens (including phenoxy) is 1.